The highest BCUT2D eigenvalue weighted by atomic mass is 32.1. The minimum absolute atomic E-state index is 0.198. The van der Waals surface area contributed by atoms with Crippen molar-refractivity contribution in [3.8, 4) is 17.2 Å². The number of nitrogens with one attached hydrogen (secondary N) is 2. The fraction of sp³-hybridized carbons (Fsp3) is 0.148. The van der Waals surface area contributed by atoms with Gasteiger partial charge in [-0.2, -0.15) is 0 Å². The molecule has 36 heavy (non-hydrogen) atoms. The Labute approximate surface area is 214 Å². The SMILES string of the molecule is COc1ccc(N2C(=S)N[C@H](c3ccccn3)[C@@H]2c2cccn2-c2ccc(O)cc2)cc1NC(C)=O. The number of aromatic nitrogens is 2. The quantitative estimate of drug-likeness (QED) is 0.331. The number of thiocarbonyl (C=S) groups is 1. The number of hydrogen-bond acceptors (Lipinski definition) is 5. The molecular formula is C27H25N5O3S. The summed E-state index contributed by atoms with van der Waals surface area (Å²) in [5.41, 5.74) is 4.07. The number of aromatic hydroxyl groups is 1. The number of rotatable bonds is 6. The molecule has 1 aliphatic rings. The molecule has 2 aromatic heterocycles. The summed E-state index contributed by atoms with van der Waals surface area (Å²) in [4.78, 5) is 18.5. The molecule has 0 bridgehead atoms. The molecule has 0 unspecified atom stereocenters. The molecule has 0 radical (unpaired) electrons. The number of ether oxygens (including phenoxy) is 1. The summed E-state index contributed by atoms with van der Waals surface area (Å²) in [6.07, 6.45) is 3.74. The maximum absolute atomic E-state index is 11.8. The summed E-state index contributed by atoms with van der Waals surface area (Å²) in [6, 6.07) is 22.0. The third-order valence-electron chi connectivity index (χ3n) is 6.08. The molecule has 0 aliphatic carbocycles. The molecule has 8 nitrogen and oxygen atoms in total. The lowest BCUT2D eigenvalue weighted by Gasteiger charge is -2.29. The normalized spacial score (nSPS) is 17.1. The summed E-state index contributed by atoms with van der Waals surface area (Å²) in [5, 5.41) is 16.6. The van der Waals surface area contributed by atoms with Crippen molar-refractivity contribution in [2.45, 2.75) is 19.0 Å². The number of phenolic OH excluding ortho intramolecular Hbond substituents is 1. The Hall–Kier alpha value is -4.37. The van der Waals surface area contributed by atoms with Crippen LogP contribution in [0.4, 0.5) is 11.4 Å². The van der Waals surface area contributed by atoms with Gasteiger partial charge in [0.25, 0.3) is 0 Å². The van der Waals surface area contributed by atoms with Crippen molar-refractivity contribution in [3.05, 3.63) is 96.6 Å². The summed E-state index contributed by atoms with van der Waals surface area (Å²) >= 11 is 5.85. The zero-order valence-electron chi connectivity index (χ0n) is 19.8. The maximum atomic E-state index is 11.8. The first-order valence-electron chi connectivity index (χ1n) is 11.4. The van der Waals surface area contributed by atoms with Crippen molar-refractivity contribution in [2.24, 2.45) is 0 Å². The largest absolute Gasteiger partial charge is 0.508 e. The molecule has 2 aromatic carbocycles. The first kappa shape index (κ1) is 23.4. The van der Waals surface area contributed by atoms with Crippen LogP contribution in [0.2, 0.25) is 0 Å². The van der Waals surface area contributed by atoms with E-state index in [1.165, 1.54) is 6.92 Å². The summed E-state index contributed by atoms with van der Waals surface area (Å²) in [7, 11) is 1.56. The van der Waals surface area contributed by atoms with E-state index in [1.54, 1.807) is 25.4 Å². The third-order valence-corrected chi connectivity index (χ3v) is 6.40. The number of phenols is 1. The van der Waals surface area contributed by atoms with E-state index >= 15 is 0 Å². The fourth-order valence-electron chi connectivity index (χ4n) is 4.55. The van der Waals surface area contributed by atoms with E-state index in [0.29, 0.717) is 16.5 Å². The Balaban J connectivity index is 1.66. The van der Waals surface area contributed by atoms with Crippen molar-refractivity contribution >= 4 is 34.6 Å². The highest BCUT2D eigenvalue weighted by Gasteiger charge is 2.42. The first-order chi connectivity index (χ1) is 17.5. The minimum atomic E-state index is -0.269. The van der Waals surface area contributed by atoms with Crippen molar-refractivity contribution in [1.82, 2.24) is 14.9 Å². The van der Waals surface area contributed by atoms with Crippen molar-refractivity contribution in [3.63, 3.8) is 0 Å². The average molecular weight is 500 g/mol. The smallest absolute Gasteiger partial charge is 0.221 e. The average Bonchev–Trinajstić information content (AvgIpc) is 3.49. The Bertz CT molecular complexity index is 1400. The van der Waals surface area contributed by atoms with Gasteiger partial charge in [-0.15, -0.1) is 0 Å². The lowest BCUT2D eigenvalue weighted by molar-refractivity contribution is -0.114. The number of methoxy groups -OCH3 is 1. The van der Waals surface area contributed by atoms with E-state index < -0.39 is 0 Å². The topological polar surface area (TPSA) is 91.7 Å². The van der Waals surface area contributed by atoms with Crippen molar-refractivity contribution in [2.75, 3.05) is 17.3 Å². The van der Waals surface area contributed by atoms with Crippen LogP contribution in [-0.2, 0) is 4.79 Å². The number of pyridine rings is 1. The molecule has 0 saturated carbocycles. The van der Waals surface area contributed by atoms with Crippen LogP contribution in [0.25, 0.3) is 5.69 Å². The molecule has 182 valence electrons. The maximum Gasteiger partial charge on any atom is 0.221 e. The molecule has 4 aromatic rings. The molecule has 3 N–H and O–H groups in total. The Morgan fingerprint density at radius 2 is 1.86 bits per heavy atom. The molecule has 0 spiro atoms. The summed E-state index contributed by atoms with van der Waals surface area (Å²) in [6.45, 7) is 1.46. The molecule has 1 aliphatic heterocycles. The van der Waals surface area contributed by atoms with E-state index in [1.807, 2.05) is 71.8 Å². The van der Waals surface area contributed by atoms with Gasteiger partial charge in [-0.1, -0.05) is 6.07 Å². The van der Waals surface area contributed by atoms with Crippen LogP contribution in [0.3, 0.4) is 0 Å². The van der Waals surface area contributed by atoms with Crippen LogP contribution < -0.4 is 20.3 Å². The number of nitrogens with zero attached hydrogens (tertiary/aromatic N) is 3. The zero-order chi connectivity index (χ0) is 25.2. The Morgan fingerprint density at radius 1 is 1.08 bits per heavy atom. The van der Waals surface area contributed by atoms with Gasteiger partial charge < -0.3 is 29.9 Å². The van der Waals surface area contributed by atoms with Crippen LogP contribution >= 0.6 is 12.2 Å². The second-order valence-corrected chi connectivity index (χ2v) is 8.77. The lowest BCUT2D eigenvalue weighted by Crippen LogP contribution is -2.30. The van der Waals surface area contributed by atoms with Crippen LogP contribution in [0.15, 0.2) is 85.2 Å². The van der Waals surface area contributed by atoms with E-state index in [-0.39, 0.29) is 23.7 Å². The predicted octanol–water partition coefficient (Wildman–Crippen LogP) is 4.72. The van der Waals surface area contributed by atoms with Crippen molar-refractivity contribution in [1.29, 1.82) is 0 Å². The van der Waals surface area contributed by atoms with Gasteiger partial charge in [-0.25, -0.2) is 0 Å². The number of amides is 1. The summed E-state index contributed by atoms with van der Waals surface area (Å²) < 4.78 is 7.52. The minimum Gasteiger partial charge on any atom is -0.508 e. The Kier molecular flexibility index (Phi) is 6.30. The lowest BCUT2D eigenvalue weighted by atomic mass is 10.0. The number of carbonyl (C=O) groups excluding carboxylic acids is 1. The molecule has 3 heterocycles. The number of hydrogen-bond donors (Lipinski definition) is 3. The van der Waals surface area contributed by atoms with Gasteiger partial charge in [0.15, 0.2) is 5.11 Å². The standard InChI is InChI=1S/C27H25N5O3S/c1-17(33)29-22-16-19(10-13-24(22)35-2)32-26(25(30-27(32)36)21-6-3-4-14-28-21)23-7-5-15-31(23)18-8-11-20(34)12-9-18/h3-16,25-26,34H,1-2H3,(H,29,33)(H,30,36)/t25-,26+/m1/s1. The molecule has 1 amide bonds. The van der Waals surface area contributed by atoms with Crippen LogP contribution in [0.5, 0.6) is 11.5 Å². The van der Waals surface area contributed by atoms with Crippen LogP contribution in [-0.4, -0.2) is 32.8 Å². The zero-order valence-corrected chi connectivity index (χ0v) is 20.6. The third kappa shape index (κ3) is 4.36. The van der Waals surface area contributed by atoms with Gasteiger partial charge in [-0.05, 0) is 78.9 Å². The van der Waals surface area contributed by atoms with E-state index in [4.69, 9.17) is 17.0 Å². The molecule has 1 saturated heterocycles. The second-order valence-electron chi connectivity index (χ2n) is 8.38. The fourth-order valence-corrected chi connectivity index (χ4v) is 4.90. The number of carbonyl (C=O) groups is 1. The summed E-state index contributed by atoms with van der Waals surface area (Å²) in [5.74, 6) is 0.557. The van der Waals surface area contributed by atoms with Gasteiger partial charge in [-0.3, -0.25) is 9.78 Å². The molecule has 9 heteroatoms. The molecular weight excluding hydrogens is 474 g/mol. The highest BCUT2D eigenvalue weighted by molar-refractivity contribution is 7.80. The predicted molar refractivity (Wildman–Crippen MR) is 143 cm³/mol. The van der Waals surface area contributed by atoms with Crippen LogP contribution in [0, 0.1) is 0 Å². The highest BCUT2D eigenvalue weighted by Crippen LogP contribution is 2.43. The van der Waals surface area contributed by atoms with Gasteiger partial charge in [0.05, 0.1) is 24.5 Å². The second kappa shape index (κ2) is 9.71. The molecule has 5 rings (SSSR count). The van der Waals surface area contributed by atoms with Gasteiger partial charge in [0, 0.05) is 36.4 Å². The van der Waals surface area contributed by atoms with Crippen molar-refractivity contribution < 1.29 is 14.6 Å². The monoisotopic (exact) mass is 499 g/mol. The van der Waals surface area contributed by atoms with E-state index in [9.17, 15) is 9.90 Å². The van der Waals surface area contributed by atoms with Crippen LogP contribution in [0.1, 0.15) is 30.4 Å². The molecule has 1 fully saturated rings. The van der Waals surface area contributed by atoms with E-state index in [0.717, 1.165) is 22.8 Å². The number of anilines is 2. The van der Waals surface area contributed by atoms with Gasteiger partial charge in [0.2, 0.25) is 5.91 Å². The van der Waals surface area contributed by atoms with Gasteiger partial charge >= 0.3 is 0 Å². The Morgan fingerprint density at radius 3 is 2.56 bits per heavy atom. The van der Waals surface area contributed by atoms with Gasteiger partial charge in [0.1, 0.15) is 17.5 Å². The number of benzene rings is 2. The molecule has 2 atom stereocenters. The van der Waals surface area contributed by atoms with E-state index in [2.05, 4.69) is 20.2 Å². The first-order valence-corrected chi connectivity index (χ1v) is 11.8.